The van der Waals surface area contributed by atoms with Crippen LogP contribution >= 0.6 is 7.14 Å². The SMILES string of the molecule is O=P(C1CCCCC1)(C1CCCCC1)C1CCC(F)CC1F. The van der Waals surface area contributed by atoms with Crippen molar-refractivity contribution in [3.63, 3.8) is 0 Å². The summed E-state index contributed by atoms with van der Waals surface area (Å²) in [4.78, 5) is 0. The molecule has 3 fully saturated rings. The van der Waals surface area contributed by atoms with Crippen LogP contribution in [0.1, 0.15) is 83.5 Å². The molecule has 3 atom stereocenters. The summed E-state index contributed by atoms with van der Waals surface area (Å²) < 4.78 is 42.5. The highest BCUT2D eigenvalue weighted by Crippen LogP contribution is 2.68. The molecule has 3 aliphatic rings. The number of rotatable bonds is 3. The molecule has 0 spiro atoms. The summed E-state index contributed by atoms with van der Waals surface area (Å²) in [5.41, 5.74) is 0.151. The molecule has 1 nitrogen and oxygen atoms in total. The first kappa shape index (κ1) is 16.9. The van der Waals surface area contributed by atoms with Gasteiger partial charge in [0.25, 0.3) is 0 Å². The van der Waals surface area contributed by atoms with E-state index in [1.165, 1.54) is 12.8 Å². The average Bonchev–Trinajstić information content (AvgIpc) is 2.56. The van der Waals surface area contributed by atoms with Gasteiger partial charge in [-0.15, -0.1) is 0 Å². The lowest BCUT2D eigenvalue weighted by Gasteiger charge is -2.45. The number of hydrogen-bond donors (Lipinski definition) is 0. The summed E-state index contributed by atoms with van der Waals surface area (Å²) in [6.07, 6.45) is 9.92. The van der Waals surface area contributed by atoms with Gasteiger partial charge in [0, 0.05) is 23.4 Å². The largest absolute Gasteiger partial charge is 0.323 e. The van der Waals surface area contributed by atoms with Crippen molar-refractivity contribution < 1.29 is 13.3 Å². The second kappa shape index (κ2) is 7.32. The van der Waals surface area contributed by atoms with E-state index in [1.54, 1.807) is 0 Å². The van der Waals surface area contributed by atoms with E-state index in [0.717, 1.165) is 51.4 Å². The molecule has 0 N–H and O–H groups in total. The summed E-state index contributed by atoms with van der Waals surface area (Å²) in [7, 11) is -2.57. The van der Waals surface area contributed by atoms with Crippen molar-refractivity contribution >= 4 is 7.14 Å². The first-order valence-corrected chi connectivity index (χ1v) is 11.4. The minimum Gasteiger partial charge on any atom is -0.323 e. The van der Waals surface area contributed by atoms with Crippen LogP contribution in [0.5, 0.6) is 0 Å². The van der Waals surface area contributed by atoms with Crippen LogP contribution in [0.3, 0.4) is 0 Å². The first-order valence-electron chi connectivity index (χ1n) is 9.49. The van der Waals surface area contributed by atoms with Crippen molar-refractivity contribution in [2.75, 3.05) is 0 Å². The van der Waals surface area contributed by atoms with Crippen LogP contribution in [-0.4, -0.2) is 29.3 Å². The van der Waals surface area contributed by atoms with E-state index < -0.39 is 19.5 Å². The molecule has 0 amide bonds. The zero-order valence-corrected chi connectivity index (χ0v) is 14.6. The van der Waals surface area contributed by atoms with Crippen LogP contribution in [0.2, 0.25) is 0 Å². The Balaban J connectivity index is 1.85. The average molecular weight is 332 g/mol. The third kappa shape index (κ3) is 3.30. The molecule has 0 aliphatic heterocycles. The molecule has 0 aromatic carbocycles. The van der Waals surface area contributed by atoms with Gasteiger partial charge in [0.05, 0.1) is 7.14 Å². The third-order valence-electron chi connectivity index (χ3n) is 6.48. The van der Waals surface area contributed by atoms with E-state index in [-0.39, 0.29) is 23.4 Å². The van der Waals surface area contributed by atoms with E-state index >= 15 is 0 Å². The van der Waals surface area contributed by atoms with Gasteiger partial charge in [0.2, 0.25) is 0 Å². The second-order valence-corrected chi connectivity index (χ2v) is 11.5. The highest BCUT2D eigenvalue weighted by atomic mass is 31.2. The molecule has 0 aromatic heterocycles. The summed E-state index contributed by atoms with van der Waals surface area (Å²) >= 11 is 0. The molecule has 0 aromatic rings. The predicted molar refractivity (Wildman–Crippen MR) is 88.8 cm³/mol. The molecule has 3 rings (SSSR count). The fourth-order valence-electron chi connectivity index (χ4n) is 5.32. The highest BCUT2D eigenvalue weighted by Gasteiger charge is 2.51. The highest BCUT2D eigenvalue weighted by molar-refractivity contribution is 7.66. The predicted octanol–water partition coefficient (Wildman–Crippen LogP) is 6.24. The van der Waals surface area contributed by atoms with E-state index in [9.17, 15) is 13.3 Å². The molecule has 3 unspecified atom stereocenters. The number of hydrogen-bond acceptors (Lipinski definition) is 1. The minimum atomic E-state index is -2.57. The lowest BCUT2D eigenvalue weighted by Crippen LogP contribution is -2.39. The zero-order valence-electron chi connectivity index (χ0n) is 13.7. The molecule has 4 heteroatoms. The minimum absolute atomic E-state index is 0.00586. The normalized spacial score (nSPS) is 36.4. The molecule has 3 aliphatic carbocycles. The van der Waals surface area contributed by atoms with Crippen LogP contribution in [0.4, 0.5) is 8.78 Å². The number of alkyl halides is 2. The lowest BCUT2D eigenvalue weighted by molar-refractivity contribution is 0.159. The standard InChI is InChI=1S/C18H31F2OP/c19-14-11-12-18(17(20)13-14)22(21,15-7-3-1-4-8-15)16-9-5-2-6-10-16/h14-18H,1-13H2. The van der Waals surface area contributed by atoms with Gasteiger partial charge >= 0.3 is 0 Å². The lowest BCUT2D eigenvalue weighted by atomic mass is 9.96. The van der Waals surface area contributed by atoms with Crippen molar-refractivity contribution in [1.29, 1.82) is 0 Å². The molecule has 0 saturated heterocycles. The maximum Gasteiger partial charge on any atom is 0.112 e. The van der Waals surface area contributed by atoms with Gasteiger partial charge in [-0.3, -0.25) is 0 Å². The Labute approximate surface area is 134 Å². The molecule has 128 valence electrons. The van der Waals surface area contributed by atoms with Gasteiger partial charge < -0.3 is 4.57 Å². The Morgan fingerprint density at radius 2 is 1.18 bits per heavy atom. The Bertz CT molecular complexity index is 380. The molecule has 3 saturated carbocycles. The Kier molecular flexibility index (Phi) is 5.64. The zero-order chi connectivity index (χ0) is 15.6. The first-order chi connectivity index (χ1) is 10.6. The topological polar surface area (TPSA) is 17.1 Å². The summed E-state index contributed by atoms with van der Waals surface area (Å²) in [5.74, 6) is 0. The third-order valence-corrected chi connectivity index (χ3v) is 11.4. The van der Waals surface area contributed by atoms with Gasteiger partial charge in [-0.1, -0.05) is 38.5 Å². The maximum absolute atomic E-state index is 14.7. The van der Waals surface area contributed by atoms with Crippen molar-refractivity contribution in [3.05, 3.63) is 0 Å². The van der Waals surface area contributed by atoms with E-state index in [0.29, 0.717) is 12.8 Å². The van der Waals surface area contributed by atoms with E-state index in [1.807, 2.05) is 0 Å². The summed E-state index contributed by atoms with van der Waals surface area (Å²) in [5, 5.41) is 0. The Hall–Kier alpha value is 0.0900. The van der Waals surface area contributed by atoms with Crippen molar-refractivity contribution in [2.24, 2.45) is 0 Å². The smallest absolute Gasteiger partial charge is 0.112 e. The van der Waals surface area contributed by atoms with Crippen LogP contribution in [-0.2, 0) is 4.57 Å². The molecule has 0 bridgehead atoms. The van der Waals surface area contributed by atoms with Gasteiger partial charge in [-0.2, -0.15) is 0 Å². The summed E-state index contributed by atoms with van der Waals surface area (Å²) in [6, 6.07) is 0. The van der Waals surface area contributed by atoms with Gasteiger partial charge in [-0.25, -0.2) is 8.78 Å². The van der Waals surface area contributed by atoms with Crippen LogP contribution in [0.25, 0.3) is 0 Å². The molecule has 0 radical (unpaired) electrons. The van der Waals surface area contributed by atoms with Crippen molar-refractivity contribution in [1.82, 2.24) is 0 Å². The quantitative estimate of drug-likeness (QED) is 0.559. The molecule has 0 heterocycles. The van der Waals surface area contributed by atoms with Crippen LogP contribution in [0, 0.1) is 0 Å². The molecular formula is C18H31F2OP. The van der Waals surface area contributed by atoms with Gasteiger partial charge in [-0.05, 0) is 38.5 Å². The van der Waals surface area contributed by atoms with E-state index in [2.05, 4.69) is 0 Å². The number of halogens is 2. The van der Waals surface area contributed by atoms with Crippen molar-refractivity contribution in [3.8, 4) is 0 Å². The molecular weight excluding hydrogens is 301 g/mol. The summed E-state index contributed by atoms with van der Waals surface area (Å²) in [6.45, 7) is 0. The molecule has 22 heavy (non-hydrogen) atoms. The fourth-order valence-corrected chi connectivity index (χ4v) is 10.5. The van der Waals surface area contributed by atoms with Crippen LogP contribution in [0.15, 0.2) is 0 Å². The Morgan fingerprint density at radius 3 is 1.64 bits per heavy atom. The van der Waals surface area contributed by atoms with Gasteiger partial charge in [0.15, 0.2) is 0 Å². The van der Waals surface area contributed by atoms with Crippen molar-refractivity contribution in [2.45, 2.75) is 113 Å². The monoisotopic (exact) mass is 332 g/mol. The maximum atomic E-state index is 14.7. The van der Waals surface area contributed by atoms with Crippen LogP contribution < -0.4 is 0 Å². The van der Waals surface area contributed by atoms with E-state index in [4.69, 9.17) is 0 Å². The Morgan fingerprint density at radius 1 is 0.682 bits per heavy atom. The van der Waals surface area contributed by atoms with Gasteiger partial charge in [0.1, 0.15) is 12.3 Å². The second-order valence-electron chi connectivity index (χ2n) is 7.84. The fraction of sp³-hybridized carbons (Fsp3) is 1.00.